The molecule has 0 aromatic heterocycles. The first kappa shape index (κ1) is 7.55. The zero-order valence-corrected chi connectivity index (χ0v) is 6.33. The summed E-state index contributed by atoms with van der Waals surface area (Å²) in [4.78, 5) is 0. The van der Waals surface area contributed by atoms with Gasteiger partial charge in [0.05, 0.1) is 0 Å². The molecule has 0 heterocycles. The summed E-state index contributed by atoms with van der Waals surface area (Å²) in [6.45, 7) is 2.48. The normalized spacial score (nSPS) is 31.0. The van der Waals surface area contributed by atoms with Gasteiger partial charge in [0.2, 0.25) is 0 Å². The van der Waals surface area contributed by atoms with E-state index in [-0.39, 0.29) is 0 Å². The van der Waals surface area contributed by atoms with E-state index in [0.29, 0.717) is 18.4 Å². The Morgan fingerprint density at radius 2 is 2.00 bits per heavy atom. The molecular weight excluding hydrogens is 124 g/mol. The average Bonchev–Trinajstić information content (AvgIpc) is 1.94. The Labute approximate surface area is 62.1 Å². The van der Waals surface area contributed by atoms with Crippen LogP contribution in [0.2, 0.25) is 0 Å². The van der Waals surface area contributed by atoms with E-state index in [9.17, 15) is 0 Å². The number of allylic oxidation sites excluding steroid dienone is 4. The predicted molar refractivity (Wildman–Crippen MR) is 42.6 cm³/mol. The molecule has 0 aromatic rings. The second kappa shape index (κ2) is 3.57. The number of rotatable bonds is 2. The average molecular weight is 138 g/mol. The van der Waals surface area contributed by atoms with E-state index in [0.717, 1.165) is 6.42 Å². The van der Waals surface area contributed by atoms with Gasteiger partial charge in [-0.15, -0.1) is 0 Å². The lowest BCUT2D eigenvalue weighted by molar-refractivity contribution is 0.257. The predicted octanol–water partition coefficient (Wildman–Crippen LogP) is 1.75. The number of aliphatic hydroxyl groups is 1. The van der Waals surface area contributed by atoms with Crippen molar-refractivity contribution in [3.63, 3.8) is 0 Å². The molecule has 56 valence electrons. The lowest BCUT2D eigenvalue weighted by atomic mass is 9.88. The van der Waals surface area contributed by atoms with E-state index in [1.807, 2.05) is 0 Å². The maximum absolute atomic E-state index is 8.68. The molecule has 0 fully saturated rings. The fraction of sp³-hybridized carbons (Fsp3) is 0.556. The summed E-state index contributed by atoms with van der Waals surface area (Å²) in [7, 11) is 0. The van der Waals surface area contributed by atoms with Crippen LogP contribution in [0.1, 0.15) is 13.3 Å². The highest BCUT2D eigenvalue weighted by molar-refractivity contribution is 5.13. The molecule has 10 heavy (non-hydrogen) atoms. The van der Waals surface area contributed by atoms with E-state index >= 15 is 0 Å². The molecular formula is C9H14O. The number of hydrogen-bond acceptors (Lipinski definition) is 1. The van der Waals surface area contributed by atoms with Crippen LogP contribution in [0.25, 0.3) is 0 Å². The summed E-state index contributed by atoms with van der Waals surface area (Å²) in [5, 5.41) is 8.68. The van der Waals surface area contributed by atoms with Gasteiger partial charge in [-0.3, -0.25) is 0 Å². The maximum Gasteiger partial charge on any atom is 0.0436 e. The van der Waals surface area contributed by atoms with E-state index in [1.165, 1.54) is 0 Å². The van der Waals surface area contributed by atoms with E-state index < -0.39 is 0 Å². The van der Waals surface area contributed by atoms with Crippen molar-refractivity contribution in [2.24, 2.45) is 11.8 Å². The van der Waals surface area contributed by atoms with Crippen molar-refractivity contribution >= 4 is 0 Å². The van der Waals surface area contributed by atoms with Crippen LogP contribution in [0.4, 0.5) is 0 Å². The quantitative estimate of drug-likeness (QED) is 0.616. The van der Waals surface area contributed by atoms with Crippen LogP contribution < -0.4 is 0 Å². The second-order valence-electron chi connectivity index (χ2n) is 2.81. The molecule has 2 unspecified atom stereocenters. The van der Waals surface area contributed by atoms with Gasteiger partial charge >= 0.3 is 0 Å². The third-order valence-electron chi connectivity index (χ3n) is 2.02. The zero-order chi connectivity index (χ0) is 7.40. The van der Waals surface area contributed by atoms with E-state index in [1.54, 1.807) is 0 Å². The third-order valence-corrected chi connectivity index (χ3v) is 2.02. The molecule has 0 amide bonds. The molecule has 0 bridgehead atoms. The first-order chi connectivity index (χ1) is 4.84. The Hall–Kier alpha value is -0.560. The maximum atomic E-state index is 8.68. The standard InChI is InChI=1S/C9H14O/c1-8-4-2-3-5-9(8)6-7-10/h2-5,8-10H,6-7H2,1H3. The van der Waals surface area contributed by atoms with Gasteiger partial charge in [-0.1, -0.05) is 31.2 Å². The lowest BCUT2D eigenvalue weighted by Crippen LogP contribution is -2.10. The largest absolute Gasteiger partial charge is 0.396 e. The van der Waals surface area contributed by atoms with Crippen LogP contribution >= 0.6 is 0 Å². The van der Waals surface area contributed by atoms with Crippen molar-refractivity contribution in [1.29, 1.82) is 0 Å². The first-order valence-corrected chi connectivity index (χ1v) is 3.80. The van der Waals surface area contributed by atoms with Crippen LogP contribution in [0.5, 0.6) is 0 Å². The van der Waals surface area contributed by atoms with Crippen molar-refractivity contribution in [3.8, 4) is 0 Å². The minimum absolute atomic E-state index is 0.299. The zero-order valence-electron chi connectivity index (χ0n) is 6.33. The second-order valence-corrected chi connectivity index (χ2v) is 2.81. The van der Waals surface area contributed by atoms with Gasteiger partial charge in [0.25, 0.3) is 0 Å². The molecule has 0 saturated heterocycles. The summed E-state index contributed by atoms with van der Waals surface area (Å²) in [6.07, 6.45) is 9.36. The molecule has 0 aliphatic heterocycles. The van der Waals surface area contributed by atoms with Gasteiger partial charge in [0.15, 0.2) is 0 Å². The van der Waals surface area contributed by atoms with Crippen molar-refractivity contribution in [3.05, 3.63) is 24.3 Å². The van der Waals surface area contributed by atoms with Gasteiger partial charge in [-0.2, -0.15) is 0 Å². The number of aliphatic hydroxyl groups excluding tert-OH is 1. The Morgan fingerprint density at radius 1 is 1.30 bits per heavy atom. The monoisotopic (exact) mass is 138 g/mol. The van der Waals surface area contributed by atoms with Crippen LogP contribution in [0, 0.1) is 11.8 Å². The molecule has 2 atom stereocenters. The summed E-state index contributed by atoms with van der Waals surface area (Å²) < 4.78 is 0. The Kier molecular flexibility index (Phi) is 2.69. The summed E-state index contributed by atoms with van der Waals surface area (Å²) >= 11 is 0. The minimum Gasteiger partial charge on any atom is -0.396 e. The van der Waals surface area contributed by atoms with Crippen LogP contribution in [0.3, 0.4) is 0 Å². The molecule has 1 N–H and O–H groups in total. The smallest absolute Gasteiger partial charge is 0.0436 e. The molecule has 0 saturated carbocycles. The fourth-order valence-corrected chi connectivity index (χ4v) is 1.27. The van der Waals surface area contributed by atoms with Crippen LogP contribution in [-0.4, -0.2) is 11.7 Å². The molecule has 1 rings (SSSR count). The van der Waals surface area contributed by atoms with E-state index in [2.05, 4.69) is 31.2 Å². The van der Waals surface area contributed by atoms with E-state index in [4.69, 9.17) is 5.11 Å². The number of hydrogen-bond donors (Lipinski definition) is 1. The van der Waals surface area contributed by atoms with Crippen LogP contribution in [-0.2, 0) is 0 Å². The van der Waals surface area contributed by atoms with Gasteiger partial charge in [-0.25, -0.2) is 0 Å². The van der Waals surface area contributed by atoms with Crippen molar-refractivity contribution < 1.29 is 5.11 Å². The summed E-state index contributed by atoms with van der Waals surface area (Å²) in [6, 6.07) is 0. The minimum atomic E-state index is 0.299. The van der Waals surface area contributed by atoms with Gasteiger partial charge < -0.3 is 5.11 Å². The third kappa shape index (κ3) is 1.71. The highest BCUT2D eigenvalue weighted by Crippen LogP contribution is 2.21. The lowest BCUT2D eigenvalue weighted by Gasteiger charge is -2.18. The topological polar surface area (TPSA) is 20.2 Å². The van der Waals surface area contributed by atoms with Crippen molar-refractivity contribution in [2.45, 2.75) is 13.3 Å². The van der Waals surface area contributed by atoms with Gasteiger partial charge in [0, 0.05) is 6.61 Å². The molecule has 0 spiro atoms. The molecule has 1 heteroatoms. The first-order valence-electron chi connectivity index (χ1n) is 3.80. The molecule has 0 aromatic carbocycles. The van der Waals surface area contributed by atoms with Gasteiger partial charge in [-0.05, 0) is 18.3 Å². The summed E-state index contributed by atoms with van der Waals surface area (Å²) in [5.41, 5.74) is 0. The molecule has 0 radical (unpaired) electrons. The highest BCUT2D eigenvalue weighted by Gasteiger charge is 2.12. The van der Waals surface area contributed by atoms with Crippen molar-refractivity contribution in [2.75, 3.05) is 6.61 Å². The van der Waals surface area contributed by atoms with Crippen molar-refractivity contribution in [1.82, 2.24) is 0 Å². The molecule has 1 aliphatic rings. The Balaban J connectivity index is 2.44. The fourth-order valence-electron chi connectivity index (χ4n) is 1.27. The van der Waals surface area contributed by atoms with Crippen LogP contribution in [0.15, 0.2) is 24.3 Å². The SMILES string of the molecule is CC1C=CC=CC1CCO. The Bertz CT molecular complexity index is 147. The Morgan fingerprint density at radius 3 is 2.60 bits per heavy atom. The highest BCUT2D eigenvalue weighted by atomic mass is 16.3. The van der Waals surface area contributed by atoms with Gasteiger partial charge in [0.1, 0.15) is 0 Å². The molecule has 1 nitrogen and oxygen atoms in total. The summed E-state index contributed by atoms with van der Waals surface area (Å²) in [5.74, 6) is 1.15. The molecule has 1 aliphatic carbocycles.